The minimum Gasteiger partial charge on any atom is -0.462 e. The van der Waals surface area contributed by atoms with Crippen LogP contribution in [0.5, 0.6) is 0 Å². The highest BCUT2D eigenvalue weighted by molar-refractivity contribution is 14.1. The van der Waals surface area contributed by atoms with Crippen LogP contribution in [0.15, 0.2) is 18.2 Å². The Labute approximate surface area is 112 Å². The summed E-state index contributed by atoms with van der Waals surface area (Å²) < 4.78 is 5.93. The molecule has 0 aliphatic carbocycles. The van der Waals surface area contributed by atoms with E-state index >= 15 is 0 Å². The van der Waals surface area contributed by atoms with Crippen molar-refractivity contribution >= 4 is 38.8 Å². The van der Waals surface area contributed by atoms with Crippen molar-refractivity contribution in [2.75, 3.05) is 6.61 Å². The van der Waals surface area contributed by atoms with Gasteiger partial charge < -0.3 is 9.84 Å². The molecule has 3 radical (unpaired) electrons. The van der Waals surface area contributed by atoms with Crippen LogP contribution in [0, 0.1) is 3.57 Å². The molecule has 16 heavy (non-hydrogen) atoms. The van der Waals surface area contributed by atoms with Crippen LogP contribution in [0.4, 0.5) is 0 Å². The van der Waals surface area contributed by atoms with Gasteiger partial charge in [0.1, 0.15) is 0 Å². The number of ether oxygens (including phenoxy) is 1. The molecule has 1 aromatic rings. The molecule has 5 heteroatoms. The second-order valence-corrected chi connectivity index (χ2v) is 4.87. The number of aliphatic hydroxyl groups is 1. The average Bonchev–Trinajstić information content (AvgIpc) is 2.29. The van der Waals surface area contributed by atoms with Gasteiger partial charge in [0.15, 0.2) is 0 Å². The third kappa shape index (κ3) is 3.87. The summed E-state index contributed by atoms with van der Waals surface area (Å²) >= 11 is 2.09. The normalized spacial score (nSPS) is 10.2. The van der Waals surface area contributed by atoms with Crippen molar-refractivity contribution < 1.29 is 14.6 Å². The molecule has 0 heterocycles. The van der Waals surface area contributed by atoms with E-state index in [9.17, 15) is 4.79 Å². The minimum absolute atomic E-state index is 0.0169. The molecule has 0 fully saturated rings. The standard InChI is InChI=1S/C11H12IO3Si/c12-10-6-8(2-3-9(10)7-13)11(14)15-4-1-5-16/h2-3,6,13H,1,4-5,7H2. The number of carbonyl (C=O) groups is 1. The third-order valence-corrected chi connectivity index (χ3v) is 3.37. The lowest BCUT2D eigenvalue weighted by Gasteiger charge is -2.06. The largest absolute Gasteiger partial charge is 0.462 e. The molecule has 0 saturated carbocycles. The summed E-state index contributed by atoms with van der Waals surface area (Å²) in [5.74, 6) is -0.317. The number of esters is 1. The molecule has 1 N–H and O–H groups in total. The van der Waals surface area contributed by atoms with Crippen molar-refractivity contribution in [3.05, 3.63) is 32.9 Å². The molecule has 0 aromatic heterocycles. The van der Waals surface area contributed by atoms with E-state index in [-0.39, 0.29) is 12.6 Å². The molecule has 1 rings (SSSR count). The lowest BCUT2D eigenvalue weighted by atomic mass is 10.1. The number of hydrogen-bond donors (Lipinski definition) is 1. The minimum atomic E-state index is -0.317. The van der Waals surface area contributed by atoms with E-state index in [1.165, 1.54) is 0 Å². The monoisotopic (exact) mass is 347 g/mol. The summed E-state index contributed by atoms with van der Waals surface area (Å²) in [6.07, 6.45) is 0.800. The van der Waals surface area contributed by atoms with E-state index < -0.39 is 0 Å². The van der Waals surface area contributed by atoms with E-state index in [2.05, 4.69) is 32.8 Å². The van der Waals surface area contributed by atoms with Gasteiger partial charge in [-0.3, -0.25) is 0 Å². The van der Waals surface area contributed by atoms with Crippen LogP contribution in [0.3, 0.4) is 0 Å². The SMILES string of the molecule is O=C(OCCC[Si])c1ccc(CO)c(I)c1. The maximum Gasteiger partial charge on any atom is 0.338 e. The molecular formula is C11H12IO3Si. The van der Waals surface area contributed by atoms with E-state index in [0.717, 1.165) is 21.6 Å². The van der Waals surface area contributed by atoms with Crippen LogP contribution >= 0.6 is 22.6 Å². The first-order valence-electron chi connectivity index (χ1n) is 4.90. The summed E-state index contributed by atoms with van der Waals surface area (Å²) in [7, 11) is 3.31. The molecule has 0 bridgehead atoms. The molecule has 0 spiro atoms. The summed E-state index contributed by atoms with van der Waals surface area (Å²) in [5.41, 5.74) is 1.34. The Kier molecular flexibility index (Phi) is 6.00. The molecule has 0 aliphatic heterocycles. The summed E-state index contributed by atoms with van der Waals surface area (Å²) in [5, 5.41) is 8.99. The van der Waals surface area contributed by atoms with Crippen molar-refractivity contribution in [1.29, 1.82) is 0 Å². The number of benzene rings is 1. The summed E-state index contributed by atoms with van der Waals surface area (Å²) in [6, 6.07) is 5.95. The van der Waals surface area contributed by atoms with Crippen molar-refractivity contribution in [3.8, 4) is 0 Å². The van der Waals surface area contributed by atoms with Gasteiger partial charge in [0.25, 0.3) is 0 Å². The second kappa shape index (κ2) is 7.03. The maximum atomic E-state index is 11.6. The highest BCUT2D eigenvalue weighted by Gasteiger charge is 2.08. The van der Waals surface area contributed by atoms with E-state index in [1.54, 1.807) is 18.2 Å². The Hall–Kier alpha value is -0.403. The van der Waals surface area contributed by atoms with Gasteiger partial charge in [0, 0.05) is 13.8 Å². The lowest BCUT2D eigenvalue weighted by Crippen LogP contribution is -2.07. The number of halogens is 1. The van der Waals surface area contributed by atoms with Gasteiger partial charge in [0.2, 0.25) is 0 Å². The van der Waals surface area contributed by atoms with Gasteiger partial charge in [-0.1, -0.05) is 12.1 Å². The molecule has 3 nitrogen and oxygen atoms in total. The number of rotatable bonds is 5. The molecule has 85 valence electrons. The van der Waals surface area contributed by atoms with Crippen LogP contribution in [0.25, 0.3) is 0 Å². The fourth-order valence-electron chi connectivity index (χ4n) is 1.12. The molecule has 0 amide bonds. The molecule has 1 aromatic carbocycles. The highest BCUT2D eigenvalue weighted by atomic mass is 127. The predicted molar refractivity (Wildman–Crippen MR) is 70.5 cm³/mol. The van der Waals surface area contributed by atoms with Crippen molar-refractivity contribution in [1.82, 2.24) is 0 Å². The number of hydrogen-bond acceptors (Lipinski definition) is 3. The van der Waals surface area contributed by atoms with Crippen LogP contribution in [0.1, 0.15) is 22.3 Å². The summed E-state index contributed by atoms with van der Waals surface area (Å²) in [6.45, 7) is 0.400. The molecule has 0 saturated heterocycles. The van der Waals surface area contributed by atoms with Gasteiger partial charge in [0.05, 0.1) is 18.8 Å². The first kappa shape index (κ1) is 13.7. The average molecular weight is 347 g/mol. The molecular weight excluding hydrogens is 335 g/mol. The molecule has 0 unspecified atom stereocenters. The van der Waals surface area contributed by atoms with Gasteiger partial charge in [-0.15, -0.1) is 0 Å². The lowest BCUT2D eigenvalue weighted by molar-refractivity contribution is 0.0505. The molecule has 0 atom stereocenters. The fraction of sp³-hybridized carbons (Fsp3) is 0.364. The van der Waals surface area contributed by atoms with Gasteiger partial charge in [-0.05, 0) is 46.7 Å². The van der Waals surface area contributed by atoms with Gasteiger partial charge in [-0.2, -0.15) is 0 Å². The second-order valence-electron chi connectivity index (χ2n) is 3.20. The smallest absolute Gasteiger partial charge is 0.338 e. The van der Waals surface area contributed by atoms with E-state index in [4.69, 9.17) is 9.84 Å². The third-order valence-electron chi connectivity index (χ3n) is 2.01. The van der Waals surface area contributed by atoms with Crippen molar-refractivity contribution in [2.45, 2.75) is 19.1 Å². The Morgan fingerprint density at radius 3 is 2.81 bits per heavy atom. The predicted octanol–water partition coefficient (Wildman–Crippen LogP) is 1.92. The highest BCUT2D eigenvalue weighted by Crippen LogP contribution is 2.15. The quantitative estimate of drug-likeness (QED) is 0.383. The number of aliphatic hydroxyl groups excluding tert-OH is 1. The van der Waals surface area contributed by atoms with Gasteiger partial charge >= 0.3 is 5.97 Å². The van der Waals surface area contributed by atoms with Crippen molar-refractivity contribution in [2.24, 2.45) is 0 Å². The Bertz CT molecular complexity index is 368. The van der Waals surface area contributed by atoms with E-state index in [1.807, 2.05) is 0 Å². The van der Waals surface area contributed by atoms with Crippen LogP contribution in [-0.2, 0) is 11.3 Å². The topological polar surface area (TPSA) is 46.5 Å². The maximum absolute atomic E-state index is 11.6. The Morgan fingerprint density at radius 2 is 2.25 bits per heavy atom. The van der Waals surface area contributed by atoms with E-state index in [0.29, 0.717) is 12.2 Å². The van der Waals surface area contributed by atoms with Crippen LogP contribution in [0.2, 0.25) is 6.04 Å². The Morgan fingerprint density at radius 1 is 1.50 bits per heavy atom. The first-order chi connectivity index (χ1) is 7.69. The number of carbonyl (C=O) groups excluding carboxylic acids is 1. The fourth-order valence-corrected chi connectivity index (χ4v) is 1.95. The first-order valence-corrected chi connectivity index (χ1v) is 6.68. The summed E-state index contributed by atoms with van der Waals surface area (Å²) in [4.78, 5) is 11.6. The van der Waals surface area contributed by atoms with Crippen molar-refractivity contribution in [3.63, 3.8) is 0 Å². The zero-order chi connectivity index (χ0) is 12.0. The van der Waals surface area contributed by atoms with Gasteiger partial charge in [-0.25, -0.2) is 4.79 Å². The van der Waals surface area contributed by atoms with Crippen LogP contribution < -0.4 is 0 Å². The Balaban J connectivity index is 2.66. The molecule has 0 aliphatic rings. The zero-order valence-corrected chi connectivity index (χ0v) is 11.9. The zero-order valence-electron chi connectivity index (χ0n) is 8.70. The van der Waals surface area contributed by atoms with Crippen LogP contribution in [-0.4, -0.2) is 27.9 Å².